The van der Waals surface area contributed by atoms with Crippen LogP contribution in [0.2, 0.25) is 0 Å². The van der Waals surface area contributed by atoms with Crippen LogP contribution < -0.4 is 14.8 Å². The molecule has 5 rings (SSSR count). The van der Waals surface area contributed by atoms with Crippen LogP contribution in [0.15, 0.2) is 22.5 Å². The average Bonchev–Trinajstić information content (AvgIpc) is 3.56. The molecule has 2 saturated heterocycles. The van der Waals surface area contributed by atoms with Crippen LogP contribution in [-0.4, -0.2) is 65.8 Å². The maximum absolute atomic E-state index is 13.0. The smallest absolute Gasteiger partial charge is 0.233 e. The van der Waals surface area contributed by atoms with Gasteiger partial charge in [0.05, 0.1) is 31.1 Å². The summed E-state index contributed by atoms with van der Waals surface area (Å²) in [5.74, 6) is 2.07. The quantitative estimate of drug-likeness (QED) is 0.605. The molecule has 0 radical (unpaired) electrons. The van der Waals surface area contributed by atoms with E-state index in [1.165, 1.54) is 23.1 Å². The van der Waals surface area contributed by atoms with E-state index < -0.39 is 0 Å². The molecule has 8 nitrogen and oxygen atoms in total. The van der Waals surface area contributed by atoms with Crippen molar-refractivity contribution in [3.05, 3.63) is 23.8 Å². The highest BCUT2D eigenvalue weighted by Crippen LogP contribution is 2.38. The molecular formula is C22H28N4O4S2. The van der Waals surface area contributed by atoms with Crippen molar-refractivity contribution in [1.29, 1.82) is 0 Å². The first kappa shape index (κ1) is 21.8. The van der Waals surface area contributed by atoms with Crippen LogP contribution in [0.3, 0.4) is 0 Å². The third-order valence-electron chi connectivity index (χ3n) is 5.96. The number of nitrogens with one attached hydrogen (secondary N) is 1. The van der Waals surface area contributed by atoms with Crippen molar-refractivity contribution in [3.8, 4) is 11.5 Å². The lowest BCUT2D eigenvalue weighted by Crippen LogP contribution is -2.32. The molecule has 10 heteroatoms. The number of rotatable bonds is 7. The minimum Gasteiger partial charge on any atom is -0.490 e. The lowest BCUT2D eigenvalue weighted by atomic mass is 10.0. The molecule has 3 aliphatic rings. The van der Waals surface area contributed by atoms with E-state index in [0.717, 1.165) is 78.3 Å². The van der Waals surface area contributed by atoms with E-state index in [1.54, 1.807) is 0 Å². The summed E-state index contributed by atoms with van der Waals surface area (Å²) < 4.78 is 18.0. The van der Waals surface area contributed by atoms with Crippen LogP contribution in [-0.2, 0) is 9.53 Å². The molecular weight excluding hydrogens is 448 g/mol. The van der Waals surface area contributed by atoms with E-state index in [1.807, 2.05) is 17.0 Å². The molecule has 0 saturated carbocycles. The summed E-state index contributed by atoms with van der Waals surface area (Å²) in [6.45, 7) is 3.71. The van der Waals surface area contributed by atoms with E-state index in [0.29, 0.717) is 19.0 Å². The van der Waals surface area contributed by atoms with Crippen LogP contribution in [0.5, 0.6) is 11.5 Å². The number of amides is 1. The number of anilines is 1. The highest BCUT2D eigenvalue weighted by atomic mass is 32.2. The van der Waals surface area contributed by atoms with Crippen LogP contribution in [0.25, 0.3) is 0 Å². The molecule has 1 N–H and O–H groups in total. The van der Waals surface area contributed by atoms with Gasteiger partial charge >= 0.3 is 0 Å². The highest BCUT2D eigenvalue weighted by Gasteiger charge is 2.31. The predicted octanol–water partition coefficient (Wildman–Crippen LogP) is 3.75. The Morgan fingerprint density at radius 1 is 1.12 bits per heavy atom. The third kappa shape index (κ3) is 5.13. The van der Waals surface area contributed by atoms with Crippen molar-refractivity contribution in [2.45, 2.75) is 48.6 Å². The Labute approximate surface area is 196 Å². The molecule has 2 atom stereocenters. The highest BCUT2D eigenvalue weighted by molar-refractivity contribution is 8.01. The van der Waals surface area contributed by atoms with Gasteiger partial charge in [-0.25, -0.2) is 0 Å². The second kappa shape index (κ2) is 10.3. The number of carbonyl (C=O) groups is 1. The Hall–Kier alpha value is -2.04. The zero-order chi connectivity index (χ0) is 21.8. The normalized spacial score (nSPS) is 22.7. The summed E-state index contributed by atoms with van der Waals surface area (Å²) in [5, 5.41) is 12.5. The molecule has 1 aromatic heterocycles. The number of hydrogen-bond donors (Lipinski definition) is 1. The van der Waals surface area contributed by atoms with Gasteiger partial charge in [-0.2, -0.15) is 0 Å². The number of ether oxygens (including phenoxy) is 3. The molecule has 2 fully saturated rings. The second-order valence-corrected chi connectivity index (χ2v) is 10.4. The lowest BCUT2D eigenvalue weighted by Gasteiger charge is -2.25. The van der Waals surface area contributed by atoms with Crippen molar-refractivity contribution in [2.24, 2.45) is 0 Å². The van der Waals surface area contributed by atoms with Gasteiger partial charge < -0.3 is 24.4 Å². The van der Waals surface area contributed by atoms with Crippen molar-refractivity contribution in [2.75, 3.05) is 44.0 Å². The van der Waals surface area contributed by atoms with Crippen molar-refractivity contribution in [1.82, 2.24) is 15.1 Å². The fourth-order valence-electron chi connectivity index (χ4n) is 4.35. The number of nitrogens with zero attached hydrogens (tertiary/aromatic N) is 3. The molecule has 32 heavy (non-hydrogen) atoms. The summed E-state index contributed by atoms with van der Waals surface area (Å²) >= 11 is 2.94. The first-order valence-electron chi connectivity index (χ1n) is 11.3. The summed E-state index contributed by atoms with van der Waals surface area (Å²) in [7, 11) is 0. The van der Waals surface area contributed by atoms with Crippen molar-refractivity contribution in [3.63, 3.8) is 0 Å². The average molecular weight is 477 g/mol. The Morgan fingerprint density at radius 2 is 2.03 bits per heavy atom. The van der Waals surface area contributed by atoms with Crippen LogP contribution in [0.1, 0.15) is 43.7 Å². The first-order valence-corrected chi connectivity index (χ1v) is 13.1. The van der Waals surface area contributed by atoms with Gasteiger partial charge in [-0.3, -0.25) is 4.79 Å². The van der Waals surface area contributed by atoms with Gasteiger partial charge in [0, 0.05) is 26.1 Å². The number of benzene rings is 1. The molecule has 0 unspecified atom stereocenters. The van der Waals surface area contributed by atoms with E-state index in [2.05, 4.69) is 21.6 Å². The van der Waals surface area contributed by atoms with Crippen LogP contribution >= 0.6 is 23.1 Å². The third-order valence-corrected chi connectivity index (χ3v) is 7.96. The van der Waals surface area contributed by atoms with E-state index in [-0.39, 0.29) is 18.1 Å². The molecule has 3 aliphatic heterocycles. The zero-order valence-corrected chi connectivity index (χ0v) is 19.6. The first-order chi connectivity index (χ1) is 15.8. The summed E-state index contributed by atoms with van der Waals surface area (Å²) in [5.41, 5.74) is 1.11. The Bertz CT molecular complexity index is 934. The lowest BCUT2D eigenvalue weighted by molar-refractivity contribution is -0.129. The Kier molecular flexibility index (Phi) is 6.99. The van der Waals surface area contributed by atoms with Gasteiger partial charge in [0.2, 0.25) is 11.0 Å². The predicted molar refractivity (Wildman–Crippen MR) is 124 cm³/mol. The van der Waals surface area contributed by atoms with Gasteiger partial charge in [0.15, 0.2) is 15.8 Å². The Morgan fingerprint density at radius 3 is 2.91 bits per heavy atom. The Balaban J connectivity index is 1.16. The monoisotopic (exact) mass is 476 g/mol. The molecule has 2 aromatic rings. The zero-order valence-electron chi connectivity index (χ0n) is 18.0. The minimum atomic E-state index is 0.0818. The molecule has 172 valence electrons. The van der Waals surface area contributed by atoms with Gasteiger partial charge in [0.1, 0.15) is 0 Å². The van der Waals surface area contributed by atoms with E-state index in [4.69, 9.17) is 14.2 Å². The van der Waals surface area contributed by atoms with Crippen molar-refractivity contribution >= 4 is 34.1 Å². The molecule has 4 heterocycles. The molecule has 1 amide bonds. The molecule has 1 aromatic carbocycles. The maximum atomic E-state index is 13.0. The van der Waals surface area contributed by atoms with Gasteiger partial charge in [-0.15, -0.1) is 10.2 Å². The topological polar surface area (TPSA) is 85.8 Å². The fraction of sp³-hybridized carbons (Fsp3) is 0.591. The SMILES string of the molecule is O=C(CSc1nnc(NC[C@@H]2CCCO2)s1)N1CCC[C@@H]1c1ccc2c(c1)OCCCO2. The number of thioether (sulfide) groups is 1. The van der Waals surface area contributed by atoms with Crippen LogP contribution in [0, 0.1) is 0 Å². The number of hydrogen-bond acceptors (Lipinski definition) is 9. The molecule has 0 aliphatic carbocycles. The van der Waals surface area contributed by atoms with E-state index >= 15 is 0 Å². The summed E-state index contributed by atoms with van der Waals surface area (Å²) in [6.07, 6.45) is 5.32. The van der Waals surface area contributed by atoms with Gasteiger partial charge in [-0.1, -0.05) is 29.2 Å². The standard InChI is InChI=1S/C22H28N4O4S2/c27-20(14-31-22-25-24-21(32-22)23-13-16-4-2-9-28-16)26-8-1-5-17(26)15-6-7-18-19(12-15)30-11-3-10-29-18/h6-7,12,16-17H,1-5,8-11,13-14H2,(H,23,24)/t16-,17+/m0/s1. The number of aromatic nitrogens is 2. The molecule has 0 spiro atoms. The number of likely N-dealkylation sites (tertiary alicyclic amines) is 1. The maximum Gasteiger partial charge on any atom is 0.233 e. The fourth-order valence-corrected chi connectivity index (χ4v) is 6.00. The van der Waals surface area contributed by atoms with Gasteiger partial charge in [0.25, 0.3) is 0 Å². The summed E-state index contributed by atoms with van der Waals surface area (Å²) in [6, 6.07) is 6.16. The van der Waals surface area contributed by atoms with Crippen LogP contribution in [0.4, 0.5) is 5.13 Å². The summed E-state index contributed by atoms with van der Waals surface area (Å²) in [4.78, 5) is 15.0. The van der Waals surface area contributed by atoms with E-state index in [9.17, 15) is 4.79 Å². The number of carbonyl (C=O) groups excluding carboxylic acids is 1. The molecule has 0 bridgehead atoms. The number of fused-ring (bicyclic) bond motifs is 1. The second-order valence-electron chi connectivity index (χ2n) is 8.18. The minimum absolute atomic E-state index is 0.0818. The van der Waals surface area contributed by atoms with Gasteiger partial charge in [-0.05, 0) is 43.4 Å². The largest absolute Gasteiger partial charge is 0.490 e. The van der Waals surface area contributed by atoms with Crippen molar-refractivity contribution < 1.29 is 19.0 Å².